The van der Waals surface area contributed by atoms with E-state index < -0.39 is 66.2 Å². The number of aliphatic hydroxyl groups excluding tert-OH is 4. The second kappa shape index (κ2) is 12.5. The molecule has 0 radical (unpaired) electrons. The number of nitriles is 2. The number of likely N-dealkylation sites (tertiary alicyclic amines) is 2. The standard InChI is InChI=1S/C31H34N12O9/c32-11-30(21-3-1-17-27(34)36-13-38-42(17)21)25(46)23(44)19(51-30)9-40-5-15(6-40)49-29(48)50-16-7-41(8-16)10-20-24(45)26(47)31(12-33,52-20)22-4-2-18-28(35)37-14-39-43(18)22/h1-4,13-16,19-20,23-26,44-47H,5-10H2,(H2,34,36,38)(H2,35,37,39)/t19-,20-,23-,24-,25-,26-,30+,31+/m1/s1. The summed E-state index contributed by atoms with van der Waals surface area (Å²) in [5.74, 6) is 0.346. The predicted molar refractivity (Wildman–Crippen MR) is 171 cm³/mol. The fourth-order valence-electron chi connectivity index (χ4n) is 7.43. The number of hydrogen-bond acceptors (Lipinski definition) is 19. The van der Waals surface area contributed by atoms with Gasteiger partial charge in [-0.3, -0.25) is 9.80 Å². The lowest BCUT2D eigenvalue weighted by Crippen LogP contribution is -2.58. The molecule has 0 saturated carbocycles. The molecule has 0 bridgehead atoms. The summed E-state index contributed by atoms with van der Waals surface area (Å²) < 4.78 is 25.6. The highest BCUT2D eigenvalue weighted by molar-refractivity contribution is 5.67. The molecule has 0 amide bonds. The van der Waals surface area contributed by atoms with Crippen LogP contribution < -0.4 is 11.5 Å². The largest absolute Gasteiger partial charge is 0.509 e. The summed E-state index contributed by atoms with van der Waals surface area (Å²) in [4.78, 5) is 24.1. The summed E-state index contributed by atoms with van der Waals surface area (Å²) in [6.45, 7) is 1.52. The number of aromatic nitrogens is 6. The Hall–Kier alpha value is -5.23. The Kier molecular flexibility index (Phi) is 8.13. The van der Waals surface area contributed by atoms with E-state index in [9.17, 15) is 35.7 Å². The Labute approximate surface area is 293 Å². The van der Waals surface area contributed by atoms with Crippen molar-refractivity contribution < 1.29 is 44.2 Å². The fraction of sp³-hybridized carbons (Fsp3) is 0.516. The number of hydrogen-bond donors (Lipinski definition) is 6. The number of aliphatic hydroxyl groups is 4. The molecule has 4 aliphatic rings. The lowest BCUT2D eigenvalue weighted by atomic mass is 9.92. The van der Waals surface area contributed by atoms with Gasteiger partial charge in [0.1, 0.15) is 84.7 Å². The van der Waals surface area contributed by atoms with Gasteiger partial charge in [-0.1, -0.05) is 0 Å². The van der Waals surface area contributed by atoms with Crippen LogP contribution in [-0.2, 0) is 30.1 Å². The predicted octanol–water partition coefficient (Wildman–Crippen LogP) is -3.16. The van der Waals surface area contributed by atoms with Crippen molar-refractivity contribution in [2.75, 3.05) is 50.7 Å². The number of carbonyl (C=O) groups excluding carboxylic acids is 1. The van der Waals surface area contributed by atoms with Gasteiger partial charge in [0.2, 0.25) is 11.2 Å². The van der Waals surface area contributed by atoms with Crippen molar-refractivity contribution in [1.29, 1.82) is 10.5 Å². The van der Waals surface area contributed by atoms with Gasteiger partial charge in [0, 0.05) is 39.3 Å². The summed E-state index contributed by atoms with van der Waals surface area (Å²) in [6.07, 6.45) is -7.25. The number of nitrogens with two attached hydrogens (primary N) is 2. The van der Waals surface area contributed by atoms with Crippen LogP contribution in [0.5, 0.6) is 0 Å². The number of ether oxygens (including phenoxy) is 4. The molecule has 4 fully saturated rings. The Morgan fingerprint density at radius 2 is 1.17 bits per heavy atom. The van der Waals surface area contributed by atoms with Crippen LogP contribution in [0.4, 0.5) is 16.4 Å². The summed E-state index contributed by atoms with van der Waals surface area (Å²) >= 11 is 0. The van der Waals surface area contributed by atoms with E-state index in [1.807, 2.05) is 21.9 Å². The Morgan fingerprint density at radius 3 is 1.56 bits per heavy atom. The van der Waals surface area contributed by atoms with Gasteiger partial charge in [-0.05, 0) is 24.3 Å². The molecule has 4 aromatic heterocycles. The Bertz CT molecular complexity index is 1960. The second-order valence-corrected chi connectivity index (χ2v) is 13.4. The quantitative estimate of drug-likeness (QED) is 0.0979. The topological polar surface area (TPSA) is 301 Å². The average molecular weight is 719 g/mol. The zero-order valence-corrected chi connectivity index (χ0v) is 27.3. The molecule has 4 aliphatic heterocycles. The Morgan fingerprint density at radius 1 is 0.769 bits per heavy atom. The number of carbonyl (C=O) groups is 1. The first-order chi connectivity index (χ1) is 25.0. The monoisotopic (exact) mass is 718 g/mol. The van der Waals surface area contributed by atoms with Crippen molar-refractivity contribution in [2.24, 2.45) is 0 Å². The first-order valence-corrected chi connectivity index (χ1v) is 16.4. The maximum Gasteiger partial charge on any atom is 0.509 e. The van der Waals surface area contributed by atoms with Crippen molar-refractivity contribution in [3.05, 3.63) is 48.3 Å². The van der Waals surface area contributed by atoms with E-state index in [-0.39, 0.29) is 36.1 Å². The van der Waals surface area contributed by atoms with Crippen LogP contribution in [0.25, 0.3) is 11.0 Å². The van der Waals surface area contributed by atoms with Crippen molar-refractivity contribution in [3.63, 3.8) is 0 Å². The molecule has 0 aliphatic carbocycles. The van der Waals surface area contributed by atoms with E-state index in [1.165, 1.54) is 33.8 Å². The van der Waals surface area contributed by atoms with Crippen molar-refractivity contribution in [1.82, 2.24) is 39.0 Å². The van der Waals surface area contributed by atoms with Crippen LogP contribution in [-0.4, -0.2) is 154 Å². The minimum absolute atomic E-state index is 0.147. The highest BCUT2D eigenvalue weighted by Gasteiger charge is 2.59. The maximum atomic E-state index is 12.5. The summed E-state index contributed by atoms with van der Waals surface area (Å²) in [5.41, 5.74) is 9.21. The fourth-order valence-corrected chi connectivity index (χ4v) is 7.43. The molecular weight excluding hydrogens is 684 g/mol. The third kappa shape index (κ3) is 5.17. The zero-order chi connectivity index (χ0) is 36.5. The molecule has 0 spiro atoms. The third-order valence-electron chi connectivity index (χ3n) is 10.2. The molecule has 0 unspecified atom stereocenters. The molecule has 21 nitrogen and oxygen atoms in total. The first kappa shape index (κ1) is 33.9. The normalized spacial score (nSPS) is 32.7. The number of fused-ring (bicyclic) bond motifs is 2. The van der Waals surface area contributed by atoms with Gasteiger partial charge < -0.3 is 50.8 Å². The Balaban J connectivity index is 0.799. The van der Waals surface area contributed by atoms with Gasteiger partial charge in [0.15, 0.2) is 11.6 Å². The van der Waals surface area contributed by atoms with Crippen LogP contribution in [0.3, 0.4) is 0 Å². The lowest BCUT2D eigenvalue weighted by molar-refractivity contribution is -0.109. The van der Waals surface area contributed by atoms with Crippen LogP contribution >= 0.6 is 0 Å². The number of anilines is 2. The molecular formula is C31H34N12O9. The molecule has 4 aromatic rings. The first-order valence-electron chi connectivity index (χ1n) is 16.4. The van der Waals surface area contributed by atoms with E-state index in [4.69, 9.17) is 30.4 Å². The molecule has 21 heteroatoms. The smallest absolute Gasteiger partial charge is 0.428 e. The van der Waals surface area contributed by atoms with Crippen LogP contribution in [0.2, 0.25) is 0 Å². The zero-order valence-electron chi connectivity index (χ0n) is 27.3. The number of nitrogens with zero attached hydrogens (tertiary/aromatic N) is 10. The van der Waals surface area contributed by atoms with E-state index >= 15 is 0 Å². The number of rotatable bonds is 8. The van der Waals surface area contributed by atoms with Crippen molar-refractivity contribution in [3.8, 4) is 12.1 Å². The number of nitrogen functional groups attached to an aromatic ring is 2. The maximum absolute atomic E-state index is 12.5. The van der Waals surface area contributed by atoms with Gasteiger partial charge in [-0.15, -0.1) is 0 Å². The molecule has 8 heterocycles. The minimum Gasteiger partial charge on any atom is -0.428 e. The molecule has 8 rings (SSSR count). The molecule has 0 aromatic carbocycles. The minimum atomic E-state index is -1.92. The second-order valence-electron chi connectivity index (χ2n) is 13.4. The van der Waals surface area contributed by atoms with Gasteiger partial charge in [-0.25, -0.2) is 23.8 Å². The highest BCUT2D eigenvalue weighted by Crippen LogP contribution is 2.42. The summed E-state index contributed by atoms with van der Waals surface area (Å²) in [6, 6.07) is 10.3. The third-order valence-corrected chi connectivity index (χ3v) is 10.2. The van der Waals surface area contributed by atoms with Crippen LogP contribution in [0, 0.1) is 22.7 Å². The molecule has 8 atom stereocenters. The highest BCUT2D eigenvalue weighted by atomic mass is 16.7. The van der Waals surface area contributed by atoms with E-state index in [0.29, 0.717) is 37.2 Å². The molecule has 4 saturated heterocycles. The summed E-state index contributed by atoms with van der Waals surface area (Å²) in [5, 5.41) is 72.1. The molecule has 8 N–H and O–H groups in total. The van der Waals surface area contributed by atoms with E-state index in [1.54, 1.807) is 12.1 Å². The summed E-state index contributed by atoms with van der Waals surface area (Å²) in [7, 11) is 0. The molecule has 52 heavy (non-hydrogen) atoms. The van der Waals surface area contributed by atoms with Crippen molar-refractivity contribution >= 4 is 28.8 Å². The van der Waals surface area contributed by atoms with E-state index in [2.05, 4.69) is 20.2 Å². The van der Waals surface area contributed by atoms with Crippen LogP contribution in [0.15, 0.2) is 36.9 Å². The lowest BCUT2D eigenvalue weighted by Gasteiger charge is -2.41. The van der Waals surface area contributed by atoms with Crippen LogP contribution in [0.1, 0.15) is 11.4 Å². The van der Waals surface area contributed by atoms with E-state index in [0.717, 1.165) is 0 Å². The van der Waals surface area contributed by atoms with Gasteiger partial charge >= 0.3 is 6.16 Å². The molecule has 272 valence electrons. The van der Waals surface area contributed by atoms with Crippen molar-refractivity contribution in [2.45, 2.75) is 60.0 Å². The average Bonchev–Trinajstić information content (AvgIpc) is 3.85. The van der Waals surface area contributed by atoms with Gasteiger partial charge in [-0.2, -0.15) is 20.7 Å². The van der Waals surface area contributed by atoms with Gasteiger partial charge in [0.05, 0.1) is 11.4 Å². The van der Waals surface area contributed by atoms with Gasteiger partial charge in [0.25, 0.3) is 0 Å². The SMILES string of the molecule is N#C[C@@]1(c2ccc3c(N)ncnn23)O[C@H](CN2CC(OC(=O)OC3CN(C[C@H]4O[C@@](C#N)(c5ccc6c(N)ncnn56)[C@H](O)[C@@H]4O)C3)C2)[C@@H](O)[C@H]1O.